The molecule has 0 fully saturated rings. The second-order valence-electron chi connectivity index (χ2n) is 3.74. The Bertz CT molecular complexity index is 594. The van der Waals surface area contributed by atoms with E-state index in [1.165, 1.54) is 0 Å². The van der Waals surface area contributed by atoms with E-state index in [1.54, 1.807) is 24.3 Å². The van der Waals surface area contributed by atoms with Gasteiger partial charge < -0.3 is 4.74 Å². The molecule has 2 rings (SSSR count). The van der Waals surface area contributed by atoms with E-state index in [0.29, 0.717) is 16.3 Å². The fourth-order valence-electron chi connectivity index (χ4n) is 1.52. The molecule has 2 nitrogen and oxygen atoms in total. The van der Waals surface area contributed by atoms with Gasteiger partial charge in [-0.1, -0.05) is 29.8 Å². The van der Waals surface area contributed by atoms with Gasteiger partial charge in [0.1, 0.15) is 5.75 Å². The summed E-state index contributed by atoms with van der Waals surface area (Å²) < 4.78 is 7.11. The maximum absolute atomic E-state index is 12.0. The molecule has 0 aliphatic carbocycles. The van der Waals surface area contributed by atoms with E-state index in [4.69, 9.17) is 16.3 Å². The summed E-state index contributed by atoms with van der Waals surface area (Å²) >= 11 is 12.7. The van der Waals surface area contributed by atoms with Crippen LogP contribution >= 0.6 is 43.5 Å². The predicted octanol–water partition coefficient (Wildman–Crippen LogP) is 5.13. The number of carbonyl (C=O) groups is 1. The quantitative estimate of drug-likeness (QED) is 0.661. The third-order valence-corrected chi connectivity index (χ3v) is 4.02. The van der Waals surface area contributed by atoms with Crippen LogP contribution in [0.2, 0.25) is 5.02 Å². The molecule has 5 heteroatoms. The number of ketones is 1. The Kier molecular flexibility index (Phi) is 5.02. The minimum absolute atomic E-state index is 0.0645. The molecule has 0 saturated heterocycles. The van der Waals surface area contributed by atoms with E-state index in [1.807, 2.05) is 18.2 Å². The largest absolute Gasteiger partial charge is 0.483 e. The topological polar surface area (TPSA) is 26.3 Å². The summed E-state index contributed by atoms with van der Waals surface area (Å²) in [7, 11) is 0. The summed E-state index contributed by atoms with van der Waals surface area (Å²) in [6, 6.07) is 12.5. The summed E-state index contributed by atoms with van der Waals surface area (Å²) in [4.78, 5) is 12.0. The maximum Gasteiger partial charge on any atom is 0.201 e. The molecule has 98 valence electrons. The predicted molar refractivity (Wildman–Crippen MR) is 83.1 cm³/mol. The van der Waals surface area contributed by atoms with Crippen LogP contribution < -0.4 is 4.74 Å². The molecule has 0 unspecified atom stereocenters. The highest BCUT2D eigenvalue weighted by atomic mass is 79.9. The van der Waals surface area contributed by atoms with Gasteiger partial charge in [0.15, 0.2) is 6.61 Å². The van der Waals surface area contributed by atoms with Crippen molar-refractivity contribution in [3.8, 4) is 5.75 Å². The Morgan fingerprint density at radius 2 is 1.68 bits per heavy atom. The van der Waals surface area contributed by atoms with Crippen LogP contribution in [0, 0.1) is 0 Å². The van der Waals surface area contributed by atoms with Crippen LogP contribution in [0.4, 0.5) is 0 Å². The van der Waals surface area contributed by atoms with E-state index in [2.05, 4.69) is 31.9 Å². The van der Waals surface area contributed by atoms with Gasteiger partial charge in [0.25, 0.3) is 0 Å². The number of hydrogen-bond donors (Lipinski definition) is 0. The van der Waals surface area contributed by atoms with Gasteiger partial charge in [-0.05, 0) is 56.1 Å². The van der Waals surface area contributed by atoms with Gasteiger partial charge in [0.2, 0.25) is 5.78 Å². The number of hydrogen-bond acceptors (Lipinski definition) is 2. The molecule has 2 aromatic carbocycles. The van der Waals surface area contributed by atoms with Gasteiger partial charge in [-0.25, -0.2) is 0 Å². The van der Waals surface area contributed by atoms with E-state index in [9.17, 15) is 4.79 Å². The fourth-order valence-corrected chi connectivity index (χ4v) is 2.99. The number of rotatable bonds is 4. The minimum Gasteiger partial charge on any atom is -0.483 e. The Balaban J connectivity index is 2.11. The number of benzene rings is 2. The van der Waals surface area contributed by atoms with Crippen molar-refractivity contribution in [2.75, 3.05) is 6.61 Å². The fraction of sp³-hybridized carbons (Fsp3) is 0.0714. The summed E-state index contributed by atoms with van der Waals surface area (Å²) in [6.07, 6.45) is 0. The van der Waals surface area contributed by atoms with Crippen molar-refractivity contribution in [3.63, 3.8) is 0 Å². The Hall–Kier alpha value is -0.840. The van der Waals surface area contributed by atoms with Crippen molar-refractivity contribution in [1.29, 1.82) is 0 Å². The number of para-hydroxylation sites is 1. The van der Waals surface area contributed by atoms with E-state index in [0.717, 1.165) is 8.95 Å². The first-order valence-electron chi connectivity index (χ1n) is 5.44. The zero-order chi connectivity index (χ0) is 13.8. The molecule has 0 aromatic heterocycles. The van der Waals surface area contributed by atoms with Gasteiger partial charge in [-0.2, -0.15) is 0 Å². The molecule has 0 atom stereocenters. The van der Waals surface area contributed by atoms with E-state index >= 15 is 0 Å². The molecule has 0 heterocycles. The normalized spacial score (nSPS) is 10.3. The van der Waals surface area contributed by atoms with Crippen molar-refractivity contribution < 1.29 is 9.53 Å². The first kappa shape index (κ1) is 14.6. The van der Waals surface area contributed by atoms with Gasteiger partial charge in [-0.3, -0.25) is 4.79 Å². The van der Waals surface area contributed by atoms with Gasteiger partial charge in [-0.15, -0.1) is 0 Å². The van der Waals surface area contributed by atoms with Crippen LogP contribution in [-0.4, -0.2) is 12.4 Å². The average Bonchev–Trinajstić information content (AvgIpc) is 2.38. The molecule has 19 heavy (non-hydrogen) atoms. The Morgan fingerprint density at radius 1 is 1.05 bits per heavy atom. The zero-order valence-electron chi connectivity index (χ0n) is 9.70. The van der Waals surface area contributed by atoms with Crippen LogP contribution in [-0.2, 0) is 0 Å². The number of halogens is 3. The molecule has 0 radical (unpaired) electrons. The van der Waals surface area contributed by atoms with E-state index in [-0.39, 0.29) is 12.4 Å². The molecule has 0 aliphatic heterocycles. The molecule has 0 spiro atoms. The van der Waals surface area contributed by atoms with Crippen molar-refractivity contribution in [3.05, 3.63) is 62.0 Å². The molecular formula is C14H9Br2ClO2. The van der Waals surface area contributed by atoms with Crippen LogP contribution in [0.15, 0.2) is 51.4 Å². The lowest BCUT2D eigenvalue weighted by Crippen LogP contribution is -2.12. The third kappa shape index (κ3) is 3.59. The van der Waals surface area contributed by atoms with Crippen LogP contribution in [0.5, 0.6) is 5.75 Å². The van der Waals surface area contributed by atoms with Crippen LogP contribution in [0.3, 0.4) is 0 Å². The Morgan fingerprint density at radius 3 is 2.32 bits per heavy atom. The van der Waals surface area contributed by atoms with Crippen molar-refractivity contribution >= 4 is 49.2 Å². The second kappa shape index (κ2) is 6.55. The molecule has 0 amide bonds. The Labute approximate surface area is 133 Å². The van der Waals surface area contributed by atoms with Crippen LogP contribution in [0.25, 0.3) is 0 Å². The summed E-state index contributed by atoms with van der Waals surface area (Å²) in [5, 5.41) is 0.433. The SMILES string of the molecule is O=C(COc1c(Br)cccc1Br)c1ccccc1Cl. The maximum atomic E-state index is 12.0. The highest BCUT2D eigenvalue weighted by molar-refractivity contribution is 9.11. The smallest absolute Gasteiger partial charge is 0.201 e. The standard InChI is InChI=1S/C14H9Br2ClO2/c15-10-5-3-6-11(16)14(10)19-8-13(18)9-4-1-2-7-12(9)17/h1-7H,8H2. The molecule has 0 aliphatic rings. The van der Waals surface area contributed by atoms with Crippen molar-refractivity contribution in [1.82, 2.24) is 0 Å². The summed E-state index contributed by atoms with van der Waals surface area (Å²) in [6.45, 7) is -0.0645. The van der Waals surface area contributed by atoms with Crippen molar-refractivity contribution in [2.24, 2.45) is 0 Å². The number of Topliss-reactive ketones (excluding diaryl/α,β-unsaturated/α-hetero) is 1. The lowest BCUT2D eigenvalue weighted by atomic mass is 10.1. The highest BCUT2D eigenvalue weighted by Gasteiger charge is 2.12. The van der Waals surface area contributed by atoms with Gasteiger partial charge in [0, 0.05) is 5.56 Å². The first-order valence-corrected chi connectivity index (χ1v) is 7.40. The van der Waals surface area contributed by atoms with Crippen molar-refractivity contribution in [2.45, 2.75) is 0 Å². The van der Waals surface area contributed by atoms with Crippen LogP contribution in [0.1, 0.15) is 10.4 Å². The molecule has 0 saturated carbocycles. The molecular weight excluding hydrogens is 395 g/mol. The molecule has 0 bridgehead atoms. The van der Waals surface area contributed by atoms with E-state index < -0.39 is 0 Å². The highest BCUT2D eigenvalue weighted by Crippen LogP contribution is 2.33. The summed E-state index contributed by atoms with van der Waals surface area (Å²) in [5.74, 6) is 0.441. The second-order valence-corrected chi connectivity index (χ2v) is 5.86. The van der Waals surface area contributed by atoms with Gasteiger partial charge >= 0.3 is 0 Å². The number of ether oxygens (including phenoxy) is 1. The molecule has 0 N–H and O–H groups in total. The minimum atomic E-state index is -0.159. The average molecular weight is 404 g/mol. The third-order valence-electron chi connectivity index (χ3n) is 2.44. The van der Waals surface area contributed by atoms with Gasteiger partial charge in [0.05, 0.1) is 14.0 Å². The lowest BCUT2D eigenvalue weighted by Gasteiger charge is -2.10. The first-order chi connectivity index (χ1) is 9.09. The zero-order valence-corrected chi connectivity index (χ0v) is 13.6. The lowest BCUT2D eigenvalue weighted by molar-refractivity contribution is 0.0920. The molecule has 2 aromatic rings. The summed E-state index contributed by atoms with van der Waals surface area (Å²) in [5.41, 5.74) is 0.465. The number of carbonyl (C=O) groups excluding carboxylic acids is 1. The monoisotopic (exact) mass is 402 g/mol.